The highest BCUT2D eigenvalue weighted by Crippen LogP contribution is 2.24. The van der Waals surface area contributed by atoms with E-state index in [2.05, 4.69) is 15.6 Å². The molecule has 7 heteroatoms. The number of nitrogens with one attached hydrogen (secondary N) is 2. The smallest absolute Gasteiger partial charge is 0.190 e. The Morgan fingerprint density at radius 3 is 2.38 bits per heavy atom. The number of nitrogens with zero attached hydrogens (tertiary/aromatic N) is 1. The number of hydrogen-bond acceptors (Lipinski definition) is 2. The van der Waals surface area contributed by atoms with Crippen LogP contribution in [0.2, 0.25) is 10.0 Å². The van der Waals surface area contributed by atoms with E-state index in [1.54, 1.807) is 14.2 Å². The van der Waals surface area contributed by atoms with E-state index in [1.165, 1.54) is 0 Å². The summed E-state index contributed by atoms with van der Waals surface area (Å²) in [5.41, 5.74) is 0.957. The summed E-state index contributed by atoms with van der Waals surface area (Å²) in [7, 11) is 3.44. The Balaban J connectivity index is 0.00000400. The zero-order valence-electron chi connectivity index (χ0n) is 12.3. The van der Waals surface area contributed by atoms with Crippen molar-refractivity contribution < 1.29 is 4.74 Å². The summed E-state index contributed by atoms with van der Waals surface area (Å²) in [6, 6.07) is 5.54. The third-order valence-electron chi connectivity index (χ3n) is 2.77. The number of ether oxygens (including phenoxy) is 1. The summed E-state index contributed by atoms with van der Waals surface area (Å²) in [5, 5.41) is 7.84. The molecule has 0 amide bonds. The van der Waals surface area contributed by atoms with Crippen molar-refractivity contribution in [2.45, 2.75) is 12.8 Å². The number of rotatable bonds is 7. The van der Waals surface area contributed by atoms with Gasteiger partial charge in [-0.3, -0.25) is 4.99 Å². The Labute approximate surface area is 153 Å². The lowest BCUT2D eigenvalue weighted by Gasteiger charge is -2.12. The van der Waals surface area contributed by atoms with E-state index in [0.29, 0.717) is 16.6 Å². The fourth-order valence-corrected chi connectivity index (χ4v) is 2.31. The van der Waals surface area contributed by atoms with Crippen LogP contribution in [0.15, 0.2) is 23.2 Å². The molecule has 0 fully saturated rings. The third-order valence-corrected chi connectivity index (χ3v) is 3.48. The lowest BCUT2D eigenvalue weighted by atomic mass is 10.1. The summed E-state index contributed by atoms with van der Waals surface area (Å²) in [4.78, 5) is 4.15. The molecule has 0 aliphatic rings. The number of halogens is 3. The van der Waals surface area contributed by atoms with Gasteiger partial charge in [-0.1, -0.05) is 29.3 Å². The average molecular weight is 446 g/mol. The SMILES string of the molecule is CN=C(NCCCOC)NCCc1c(Cl)cccc1Cl.I. The summed E-state index contributed by atoms with van der Waals surface area (Å²) >= 11 is 12.3. The van der Waals surface area contributed by atoms with Gasteiger partial charge in [0.1, 0.15) is 0 Å². The van der Waals surface area contributed by atoms with Gasteiger partial charge in [-0.05, 0) is 30.5 Å². The predicted molar refractivity (Wildman–Crippen MR) is 101 cm³/mol. The molecule has 0 aliphatic heterocycles. The van der Waals surface area contributed by atoms with Crippen LogP contribution in [0.5, 0.6) is 0 Å². The Kier molecular flexibility index (Phi) is 12.2. The molecule has 4 nitrogen and oxygen atoms in total. The normalized spacial score (nSPS) is 11.0. The van der Waals surface area contributed by atoms with Crippen LogP contribution in [0.4, 0.5) is 0 Å². The fourth-order valence-electron chi connectivity index (χ4n) is 1.72. The molecule has 0 radical (unpaired) electrons. The molecule has 0 atom stereocenters. The largest absolute Gasteiger partial charge is 0.385 e. The number of guanidine groups is 1. The first-order chi connectivity index (χ1) is 9.69. The van der Waals surface area contributed by atoms with Crippen LogP contribution in [-0.2, 0) is 11.2 Å². The van der Waals surface area contributed by atoms with Crippen LogP contribution < -0.4 is 10.6 Å². The molecule has 1 aromatic carbocycles. The van der Waals surface area contributed by atoms with Crippen molar-refractivity contribution in [1.82, 2.24) is 10.6 Å². The Morgan fingerprint density at radius 1 is 1.19 bits per heavy atom. The molecule has 120 valence electrons. The predicted octanol–water partition coefficient (Wildman–Crippen LogP) is 3.36. The van der Waals surface area contributed by atoms with Gasteiger partial charge in [-0.25, -0.2) is 0 Å². The zero-order chi connectivity index (χ0) is 14.8. The van der Waals surface area contributed by atoms with Crippen molar-refractivity contribution in [3.8, 4) is 0 Å². The van der Waals surface area contributed by atoms with Gasteiger partial charge in [0.15, 0.2) is 5.96 Å². The van der Waals surface area contributed by atoms with Gasteiger partial charge >= 0.3 is 0 Å². The van der Waals surface area contributed by atoms with Gasteiger partial charge < -0.3 is 15.4 Å². The molecule has 0 aromatic heterocycles. The van der Waals surface area contributed by atoms with Crippen molar-refractivity contribution >= 4 is 53.1 Å². The van der Waals surface area contributed by atoms with E-state index in [4.69, 9.17) is 27.9 Å². The second-order valence-electron chi connectivity index (χ2n) is 4.22. The molecule has 0 bridgehead atoms. The summed E-state index contributed by atoms with van der Waals surface area (Å²) in [5.74, 6) is 0.768. The molecule has 0 unspecified atom stereocenters. The molecule has 0 saturated carbocycles. The Hall–Kier alpha value is -0.240. The molecule has 1 aromatic rings. The summed E-state index contributed by atoms with van der Waals surface area (Å²) in [6.07, 6.45) is 1.69. The van der Waals surface area contributed by atoms with Gasteiger partial charge in [0.05, 0.1) is 0 Å². The number of benzene rings is 1. The van der Waals surface area contributed by atoms with E-state index in [1.807, 2.05) is 18.2 Å². The molecular formula is C14H22Cl2IN3O. The van der Waals surface area contributed by atoms with Crippen molar-refractivity contribution in [1.29, 1.82) is 0 Å². The minimum atomic E-state index is 0. The van der Waals surface area contributed by atoms with E-state index in [0.717, 1.165) is 37.5 Å². The minimum Gasteiger partial charge on any atom is -0.385 e. The molecular weight excluding hydrogens is 424 g/mol. The summed E-state index contributed by atoms with van der Waals surface area (Å²) < 4.78 is 4.99. The zero-order valence-corrected chi connectivity index (χ0v) is 16.1. The maximum Gasteiger partial charge on any atom is 0.190 e. The highest BCUT2D eigenvalue weighted by Gasteiger charge is 2.05. The van der Waals surface area contributed by atoms with E-state index in [9.17, 15) is 0 Å². The lowest BCUT2D eigenvalue weighted by molar-refractivity contribution is 0.195. The van der Waals surface area contributed by atoms with Gasteiger partial charge in [-0.15, -0.1) is 24.0 Å². The third kappa shape index (κ3) is 8.09. The van der Waals surface area contributed by atoms with Gasteiger partial charge in [0, 0.05) is 43.9 Å². The van der Waals surface area contributed by atoms with Gasteiger partial charge in [-0.2, -0.15) is 0 Å². The standard InChI is InChI=1S/C14H21Cl2N3O.HI/c1-17-14(18-8-4-10-20-2)19-9-7-11-12(15)5-3-6-13(11)16;/h3,5-6H,4,7-10H2,1-2H3,(H2,17,18,19);1H. The summed E-state index contributed by atoms with van der Waals surface area (Å²) in [6.45, 7) is 2.27. The van der Waals surface area contributed by atoms with Crippen LogP contribution in [0, 0.1) is 0 Å². The van der Waals surface area contributed by atoms with E-state index < -0.39 is 0 Å². The minimum absolute atomic E-state index is 0. The molecule has 0 saturated heterocycles. The van der Waals surface area contributed by atoms with Crippen LogP contribution >= 0.6 is 47.2 Å². The van der Waals surface area contributed by atoms with E-state index in [-0.39, 0.29) is 24.0 Å². The second-order valence-corrected chi connectivity index (χ2v) is 5.04. The van der Waals surface area contributed by atoms with Crippen molar-refractivity contribution in [2.24, 2.45) is 4.99 Å². The first-order valence-electron chi connectivity index (χ1n) is 6.55. The Morgan fingerprint density at radius 2 is 1.81 bits per heavy atom. The molecule has 21 heavy (non-hydrogen) atoms. The van der Waals surface area contributed by atoms with Crippen LogP contribution in [0.25, 0.3) is 0 Å². The number of hydrogen-bond donors (Lipinski definition) is 2. The topological polar surface area (TPSA) is 45.7 Å². The molecule has 0 spiro atoms. The first-order valence-corrected chi connectivity index (χ1v) is 7.31. The quantitative estimate of drug-likeness (QED) is 0.293. The lowest BCUT2D eigenvalue weighted by Crippen LogP contribution is -2.39. The van der Waals surface area contributed by atoms with Crippen LogP contribution in [0.1, 0.15) is 12.0 Å². The van der Waals surface area contributed by atoms with Crippen molar-refractivity contribution in [3.63, 3.8) is 0 Å². The monoisotopic (exact) mass is 445 g/mol. The number of methoxy groups -OCH3 is 1. The maximum absolute atomic E-state index is 6.13. The molecule has 2 N–H and O–H groups in total. The van der Waals surface area contributed by atoms with E-state index >= 15 is 0 Å². The molecule has 1 rings (SSSR count). The maximum atomic E-state index is 6.13. The highest BCUT2D eigenvalue weighted by molar-refractivity contribution is 14.0. The Bertz CT molecular complexity index is 424. The highest BCUT2D eigenvalue weighted by atomic mass is 127. The van der Waals surface area contributed by atoms with Crippen LogP contribution in [-0.4, -0.2) is 39.8 Å². The van der Waals surface area contributed by atoms with Crippen LogP contribution in [0.3, 0.4) is 0 Å². The van der Waals surface area contributed by atoms with Crippen molar-refractivity contribution in [2.75, 3.05) is 33.9 Å². The van der Waals surface area contributed by atoms with Gasteiger partial charge in [0.25, 0.3) is 0 Å². The average Bonchev–Trinajstić information content (AvgIpc) is 2.44. The van der Waals surface area contributed by atoms with Gasteiger partial charge in [0.2, 0.25) is 0 Å². The fraction of sp³-hybridized carbons (Fsp3) is 0.500. The first kappa shape index (κ1) is 20.8. The molecule has 0 aliphatic carbocycles. The number of aliphatic imine (C=N–C) groups is 1. The second kappa shape index (κ2) is 12.3. The van der Waals surface area contributed by atoms with Crippen molar-refractivity contribution in [3.05, 3.63) is 33.8 Å². The molecule has 0 heterocycles.